The van der Waals surface area contributed by atoms with E-state index >= 15 is 0 Å². The van der Waals surface area contributed by atoms with E-state index in [1.165, 1.54) is 90.4 Å². The van der Waals surface area contributed by atoms with E-state index < -0.39 is 17.6 Å². The summed E-state index contributed by atoms with van der Waals surface area (Å²) in [5, 5.41) is 6.90. The Hall–Kier alpha value is 0.0738. The minimum atomic E-state index is -2.85. The molecule has 0 bridgehead atoms. The maximum atomic E-state index is 6.64. The van der Waals surface area contributed by atoms with Gasteiger partial charge in [0.05, 0.1) is 0 Å². The van der Waals surface area contributed by atoms with E-state index in [0.29, 0.717) is 12.1 Å². The second-order valence-electron chi connectivity index (χ2n) is 12.2. The Morgan fingerprint density at radius 3 is 1.17 bits per heavy atom. The van der Waals surface area contributed by atoms with Gasteiger partial charge in [-0.3, -0.25) is 9.80 Å². The minimum absolute atomic E-state index is 0.694. The van der Waals surface area contributed by atoms with Crippen LogP contribution in [0.4, 0.5) is 0 Å². The van der Waals surface area contributed by atoms with Gasteiger partial charge in [-0.05, 0) is 39.5 Å². The summed E-state index contributed by atoms with van der Waals surface area (Å²) < 4.78 is 30.5. The molecule has 2 heterocycles. The van der Waals surface area contributed by atoms with Gasteiger partial charge in [-0.15, -0.1) is 0 Å². The molecule has 2 aliphatic rings. The average molecular weight is 619 g/mol. The monoisotopic (exact) mass is 618 g/mol. The fraction of sp³-hybridized carbons (Fsp3) is 1.00. The van der Waals surface area contributed by atoms with Crippen LogP contribution in [-0.2, 0) is 21.8 Å². The van der Waals surface area contributed by atoms with Gasteiger partial charge in [0.25, 0.3) is 0 Å². The summed E-state index contributed by atoms with van der Waals surface area (Å²) >= 11 is 0. The van der Waals surface area contributed by atoms with Crippen LogP contribution in [-0.4, -0.2) is 120 Å². The third-order valence-electron chi connectivity index (χ3n) is 9.31. The molecule has 11 heteroatoms. The van der Waals surface area contributed by atoms with Gasteiger partial charge in [-0.25, -0.2) is 0 Å². The summed E-state index contributed by atoms with van der Waals surface area (Å²) in [7, 11) is 1.18. The lowest BCUT2D eigenvalue weighted by Crippen LogP contribution is -2.57. The van der Waals surface area contributed by atoms with Crippen LogP contribution in [0.3, 0.4) is 0 Å². The Bertz CT molecular complexity index is 582. The van der Waals surface area contributed by atoms with Gasteiger partial charge in [0.1, 0.15) is 0 Å². The van der Waals surface area contributed by atoms with Crippen LogP contribution < -0.4 is 10.6 Å². The maximum Gasteiger partial charge on any atom is 0.493 e. The summed E-state index contributed by atoms with van der Waals surface area (Å²) in [5.74, 6) is 0. The van der Waals surface area contributed by atoms with E-state index in [0.717, 1.165) is 51.1 Å². The first-order chi connectivity index (χ1) is 19.9. The highest BCUT2D eigenvalue weighted by Crippen LogP contribution is 2.28. The summed E-state index contributed by atoms with van der Waals surface area (Å²) in [6.07, 6.45) is 14.7. The number of hydrogen-bond donors (Lipinski definition) is 2. The zero-order chi connectivity index (χ0) is 29.8. The van der Waals surface area contributed by atoms with E-state index in [1.807, 2.05) is 0 Å². The molecule has 2 unspecified atom stereocenters. The largest absolute Gasteiger partial charge is 0.493 e. The van der Waals surface area contributed by atoms with Crippen LogP contribution in [0, 0.1) is 0 Å². The van der Waals surface area contributed by atoms with Crippen LogP contribution in [0.15, 0.2) is 0 Å². The Morgan fingerprint density at radius 1 is 0.512 bits per heavy atom. The number of rotatable bonds is 24. The molecule has 0 aliphatic carbocycles. The SMILES string of the molecule is CO[Si](CCCCCCCC(C)N1CCNCC1)(OC)O[Si](CCCCCCCC(C)N1CCNCC1)(OC)OC. The predicted octanol–water partition coefficient (Wildman–Crippen LogP) is 4.74. The standard InChI is InChI=1S/C30H66N4O5Si2/c1-29(33-23-19-31-20-24-33)17-13-9-7-11-15-27-40(35-3,36-4)39-41(37-5,38-6)28-16-12-8-10-14-18-30(2)34-25-21-32-22-26-34/h29-32H,7-28H2,1-6H3. The first-order valence-electron chi connectivity index (χ1n) is 16.7. The number of nitrogens with zero attached hydrogens (tertiary/aromatic N) is 2. The van der Waals surface area contributed by atoms with Crippen LogP contribution in [0.2, 0.25) is 12.1 Å². The molecule has 0 aromatic rings. The Morgan fingerprint density at radius 2 is 0.829 bits per heavy atom. The van der Waals surface area contributed by atoms with E-state index in [9.17, 15) is 0 Å². The molecule has 0 spiro atoms. The summed E-state index contributed by atoms with van der Waals surface area (Å²) in [4.78, 5) is 5.26. The van der Waals surface area contributed by atoms with Crippen molar-refractivity contribution < 1.29 is 21.8 Å². The van der Waals surface area contributed by atoms with Crippen molar-refractivity contribution in [1.29, 1.82) is 0 Å². The smallest absolute Gasteiger partial charge is 0.377 e. The lowest BCUT2D eigenvalue weighted by atomic mass is 10.1. The highest BCUT2D eigenvalue weighted by atomic mass is 28.5. The topological polar surface area (TPSA) is 76.7 Å². The van der Waals surface area contributed by atoms with Gasteiger partial charge in [0.2, 0.25) is 0 Å². The van der Waals surface area contributed by atoms with Crippen molar-refractivity contribution in [1.82, 2.24) is 20.4 Å². The number of nitrogens with one attached hydrogen (secondary N) is 2. The van der Waals surface area contributed by atoms with E-state index in [1.54, 1.807) is 28.4 Å². The predicted molar refractivity (Wildman–Crippen MR) is 173 cm³/mol. The third kappa shape index (κ3) is 14.1. The van der Waals surface area contributed by atoms with E-state index in [2.05, 4.69) is 34.3 Å². The molecule has 2 aliphatic heterocycles. The summed E-state index contributed by atoms with van der Waals surface area (Å²) in [5.41, 5.74) is 0. The molecule has 0 aromatic heterocycles. The fourth-order valence-corrected chi connectivity index (χ4v) is 12.9. The Labute approximate surface area is 255 Å². The maximum absolute atomic E-state index is 6.64. The van der Waals surface area contributed by atoms with E-state index in [-0.39, 0.29) is 0 Å². The highest BCUT2D eigenvalue weighted by Gasteiger charge is 2.51. The van der Waals surface area contributed by atoms with Crippen LogP contribution in [0.1, 0.15) is 90.9 Å². The van der Waals surface area contributed by atoms with Gasteiger partial charge < -0.3 is 32.5 Å². The van der Waals surface area contributed by atoms with Gasteiger partial charge in [-0.1, -0.05) is 51.4 Å². The van der Waals surface area contributed by atoms with Crippen molar-refractivity contribution in [2.24, 2.45) is 0 Å². The molecule has 2 fully saturated rings. The number of piperazine rings is 2. The van der Waals surface area contributed by atoms with Crippen molar-refractivity contribution >= 4 is 17.6 Å². The minimum Gasteiger partial charge on any atom is -0.377 e. The highest BCUT2D eigenvalue weighted by molar-refractivity contribution is 6.74. The zero-order valence-corrected chi connectivity index (χ0v) is 29.6. The average Bonchev–Trinajstić information content (AvgIpc) is 3.03. The van der Waals surface area contributed by atoms with Crippen LogP contribution >= 0.6 is 0 Å². The first-order valence-corrected chi connectivity index (χ1v) is 20.6. The molecule has 0 aromatic carbocycles. The van der Waals surface area contributed by atoms with Crippen LogP contribution in [0.5, 0.6) is 0 Å². The molecule has 2 atom stereocenters. The molecule has 9 nitrogen and oxygen atoms in total. The molecule has 2 rings (SSSR count). The normalized spacial score (nSPS) is 19.5. The van der Waals surface area contributed by atoms with Crippen molar-refractivity contribution in [2.75, 3.05) is 80.8 Å². The lowest BCUT2D eigenvalue weighted by Gasteiger charge is -2.35. The Balaban J connectivity index is 1.63. The van der Waals surface area contributed by atoms with Crippen molar-refractivity contribution in [3.05, 3.63) is 0 Å². The molecule has 41 heavy (non-hydrogen) atoms. The van der Waals surface area contributed by atoms with Crippen molar-refractivity contribution in [2.45, 2.75) is 115 Å². The first kappa shape index (κ1) is 37.3. The third-order valence-corrected chi connectivity index (χ3v) is 16.2. The second-order valence-corrected chi connectivity index (χ2v) is 18.3. The summed E-state index contributed by atoms with van der Waals surface area (Å²) in [6, 6.07) is 3.01. The molecule has 2 N–H and O–H groups in total. The Kier molecular flexibility index (Phi) is 19.7. The van der Waals surface area contributed by atoms with Gasteiger partial charge in [0, 0.05) is 105 Å². The molecule has 0 saturated carbocycles. The summed E-state index contributed by atoms with van der Waals surface area (Å²) in [6.45, 7) is 14.0. The quantitative estimate of drug-likeness (QED) is 0.118. The molecular formula is C30H66N4O5Si2. The van der Waals surface area contributed by atoms with Gasteiger partial charge in [-0.2, -0.15) is 0 Å². The van der Waals surface area contributed by atoms with Gasteiger partial charge in [0.15, 0.2) is 0 Å². The van der Waals surface area contributed by atoms with Gasteiger partial charge >= 0.3 is 17.6 Å². The fourth-order valence-electron chi connectivity index (χ4n) is 6.31. The molecule has 0 amide bonds. The zero-order valence-electron chi connectivity index (χ0n) is 27.6. The van der Waals surface area contributed by atoms with Crippen molar-refractivity contribution in [3.8, 4) is 0 Å². The molecule has 244 valence electrons. The molecule has 0 radical (unpaired) electrons. The molecular weight excluding hydrogens is 553 g/mol. The van der Waals surface area contributed by atoms with Crippen molar-refractivity contribution in [3.63, 3.8) is 0 Å². The van der Waals surface area contributed by atoms with E-state index in [4.69, 9.17) is 21.8 Å². The lowest BCUT2D eigenvalue weighted by molar-refractivity contribution is 0.0856. The molecule has 2 saturated heterocycles. The van der Waals surface area contributed by atoms with Crippen LogP contribution in [0.25, 0.3) is 0 Å². The number of hydrogen-bond acceptors (Lipinski definition) is 9. The second kappa shape index (κ2) is 21.7. The number of unbranched alkanes of at least 4 members (excludes halogenated alkanes) is 8.